The van der Waals surface area contributed by atoms with Crippen molar-refractivity contribution in [1.29, 1.82) is 0 Å². The first kappa shape index (κ1) is 14.3. The maximum Gasteiger partial charge on any atom is 0.227 e. The van der Waals surface area contributed by atoms with E-state index in [-0.39, 0.29) is 23.9 Å². The van der Waals surface area contributed by atoms with E-state index in [1.54, 1.807) is 4.90 Å². The fourth-order valence-corrected chi connectivity index (χ4v) is 5.07. The van der Waals surface area contributed by atoms with Crippen molar-refractivity contribution >= 4 is 15.9 Å². The molecule has 2 saturated carbocycles. The summed E-state index contributed by atoms with van der Waals surface area (Å²) in [5, 5.41) is 0. The van der Waals surface area contributed by atoms with Gasteiger partial charge < -0.3 is 10.6 Å². The van der Waals surface area contributed by atoms with E-state index < -0.39 is 10.0 Å². The number of carbonyl (C=O) groups excluding carboxylic acids is 1. The second-order valence-corrected chi connectivity index (χ2v) is 8.38. The molecule has 114 valence electrons. The molecule has 0 spiro atoms. The van der Waals surface area contributed by atoms with Gasteiger partial charge in [-0.3, -0.25) is 4.79 Å². The fourth-order valence-electron chi connectivity index (χ4n) is 4.27. The van der Waals surface area contributed by atoms with Crippen molar-refractivity contribution in [3.05, 3.63) is 0 Å². The molecule has 3 aliphatic rings. The van der Waals surface area contributed by atoms with E-state index in [4.69, 9.17) is 5.73 Å². The van der Waals surface area contributed by atoms with Crippen molar-refractivity contribution < 1.29 is 13.2 Å². The topological polar surface area (TPSA) is 92.5 Å². The summed E-state index contributed by atoms with van der Waals surface area (Å²) < 4.78 is 25.1. The van der Waals surface area contributed by atoms with E-state index in [0.29, 0.717) is 31.3 Å². The molecule has 1 heterocycles. The zero-order chi connectivity index (χ0) is 14.5. The molecule has 0 radical (unpaired) electrons. The molecule has 1 saturated heterocycles. The number of likely N-dealkylation sites (tertiary alicyclic amines) is 1. The molecule has 3 rings (SSSR count). The predicted molar refractivity (Wildman–Crippen MR) is 75.3 cm³/mol. The molecule has 2 bridgehead atoms. The van der Waals surface area contributed by atoms with Crippen LogP contribution in [0.2, 0.25) is 0 Å². The van der Waals surface area contributed by atoms with E-state index in [0.717, 1.165) is 25.5 Å². The van der Waals surface area contributed by atoms with Crippen LogP contribution in [0.5, 0.6) is 0 Å². The van der Waals surface area contributed by atoms with Gasteiger partial charge in [0.1, 0.15) is 0 Å². The molecule has 3 fully saturated rings. The highest BCUT2D eigenvalue weighted by Crippen LogP contribution is 2.48. The number of nitrogens with zero attached hydrogens (tertiary/aromatic N) is 1. The van der Waals surface area contributed by atoms with E-state index >= 15 is 0 Å². The van der Waals surface area contributed by atoms with Crippen LogP contribution >= 0.6 is 0 Å². The van der Waals surface area contributed by atoms with Gasteiger partial charge in [0, 0.05) is 25.2 Å². The Morgan fingerprint density at radius 1 is 1.25 bits per heavy atom. The summed E-state index contributed by atoms with van der Waals surface area (Å²) in [6.45, 7) is 1.11. The third-order valence-electron chi connectivity index (χ3n) is 5.15. The van der Waals surface area contributed by atoms with Gasteiger partial charge >= 0.3 is 0 Å². The van der Waals surface area contributed by atoms with E-state index in [9.17, 15) is 13.2 Å². The van der Waals surface area contributed by atoms with Gasteiger partial charge in [-0.25, -0.2) is 13.1 Å². The van der Waals surface area contributed by atoms with Crippen molar-refractivity contribution in [1.82, 2.24) is 9.62 Å². The van der Waals surface area contributed by atoms with Crippen molar-refractivity contribution in [3.63, 3.8) is 0 Å². The number of rotatable bonds is 3. The van der Waals surface area contributed by atoms with Crippen molar-refractivity contribution in [2.45, 2.75) is 37.8 Å². The van der Waals surface area contributed by atoms with Crippen molar-refractivity contribution in [2.75, 3.05) is 19.3 Å². The fraction of sp³-hybridized carbons (Fsp3) is 0.923. The largest absolute Gasteiger partial charge is 0.341 e. The van der Waals surface area contributed by atoms with Gasteiger partial charge in [-0.2, -0.15) is 0 Å². The van der Waals surface area contributed by atoms with Crippen LogP contribution in [0, 0.1) is 17.8 Å². The van der Waals surface area contributed by atoms with Gasteiger partial charge in [0.2, 0.25) is 15.9 Å². The molecule has 5 unspecified atom stereocenters. The number of amides is 1. The quantitative estimate of drug-likeness (QED) is 0.736. The minimum absolute atomic E-state index is 0.00293. The molecule has 0 aromatic carbocycles. The Morgan fingerprint density at radius 2 is 1.95 bits per heavy atom. The monoisotopic (exact) mass is 301 g/mol. The average Bonchev–Trinajstić information content (AvgIpc) is 3.01. The van der Waals surface area contributed by atoms with Crippen LogP contribution in [0.4, 0.5) is 0 Å². The minimum atomic E-state index is -3.21. The Kier molecular flexibility index (Phi) is 3.54. The van der Waals surface area contributed by atoms with Gasteiger partial charge in [0.05, 0.1) is 12.2 Å². The van der Waals surface area contributed by atoms with Crippen LogP contribution in [0.3, 0.4) is 0 Å². The van der Waals surface area contributed by atoms with Crippen LogP contribution in [0.25, 0.3) is 0 Å². The molecule has 0 aromatic rings. The zero-order valence-electron chi connectivity index (χ0n) is 11.8. The van der Waals surface area contributed by atoms with Crippen LogP contribution in [0.1, 0.15) is 25.7 Å². The summed E-state index contributed by atoms with van der Waals surface area (Å²) in [6, 6.07) is -0.146. The molecule has 3 N–H and O–H groups in total. The lowest BCUT2D eigenvalue weighted by atomic mass is 9.84. The van der Waals surface area contributed by atoms with Gasteiger partial charge in [-0.15, -0.1) is 0 Å². The Morgan fingerprint density at radius 3 is 2.55 bits per heavy atom. The Labute approximate surface area is 120 Å². The number of nitrogens with one attached hydrogen (secondary N) is 1. The van der Waals surface area contributed by atoms with E-state index in [2.05, 4.69) is 4.72 Å². The van der Waals surface area contributed by atoms with Crippen LogP contribution < -0.4 is 10.5 Å². The molecule has 7 heteroatoms. The normalized spacial score (nSPS) is 40.5. The summed E-state index contributed by atoms with van der Waals surface area (Å²) in [7, 11) is -3.21. The van der Waals surface area contributed by atoms with Gasteiger partial charge in [-0.05, 0) is 37.5 Å². The lowest BCUT2D eigenvalue weighted by Crippen LogP contribution is -2.47. The lowest BCUT2D eigenvalue weighted by molar-refractivity contribution is -0.136. The first-order valence-electron chi connectivity index (χ1n) is 7.37. The summed E-state index contributed by atoms with van der Waals surface area (Å²) >= 11 is 0. The molecule has 2 aliphatic carbocycles. The molecular formula is C13H23N3O3S. The average molecular weight is 301 g/mol. The molecule has 5 atom stereocenters. The maximum absolute atomic E-state index is 12.6. The summed E-state index contributed by atoms with van der Waals surface area (Å²) in [5.74, 6) is 1.07. The van der Waals surface area contributed by atoms with Crippen LogP contribution in [-0.4, -0.2) is 50.7 Å². The molecule has 6 nitrogen and oxygen atoms in total. The van der Waals surface area contributed by atoms with Crippen LogP contribution in [-0.2, 0) is 14.8 Å². The number of carbonyl (C=O) groups is 1. The summed E-state index contributed by atoms with van der Waals surface area (Å²) in [5.41, 5.74) is 6.21. The smallest absolute Gasteiger partial charge is 0.227 e. The maximum atomic E-state index is 12.6. The Balaban J connectivity index is 1.62. The van der Waals surface area contributed by atoms with Gasteiger partial charge in [0.15, 0.2) is 0 Å². The second-order valence-electron chi connectivity index (χ2n) is 6.60. The van der Waals surface area contributed by atoms with Crippen molar-refractivity contribution in [2.24, 2.45) is 23.5 Å². The third-order valence-corrected chi connectivity index (χ3v) is 5.91. The zero-order valence-corrected chi connectivity index (χ0v) is 12.6. The highest BCUT2D eigenvalue weighted by molar-refractivity contribution is 7.88. The Hall–Kier alpha value is -0.660. The molecule has 1 amide bonds. The first-order valence-corrected chi connectivity index (χ1v) is 9.26. The molecule has 20 heavy (non-hydrogen) atoms. The SMILES string of the molecule is CS(=O)(=O)NC1CCN(C(=O)C2C3CCC(C3)C2N)C1. The molecular weight excluding hydrogens is 278 g/mol. The lowest BCUT2D eigenvalue weighted by Gasteiger charge is -2.30. The summed E-state index contributed by atoms with van der Waals surface area (Å²) in [4.78, 5) is 14.4. The highest BCUT2D eigenvalue weighted by Gasteiger charge is 2.50. The summed E-state index contributed by atoms with van der Waals surface area (Å²) in [6.07, 6.45) is 5.22. The number of sulfonamides is 1. The minimum Gasteiger partial charge on any atom is -0.341 e. The predicted octanol–water partition coefficient (Wildman–Crippen LogP) is -0.490. The molecule has 1 aliphatic heterocycles. The van der Waals surface area contributed by atoms with E-state index in [1.165, 1.54) is 0 Å². The van der Waals surface area contributed by atoms with E-state index in [1.807, 2.05) is 0 Å². The van der Waals surface area contributed by atoms with Gasteiger partial charge in [-0.1, -0.05) is 0 Å². The first-order chi connectivity index (χ1) is 9.35. The number of fused-ring (bicyclic) bond motifs is 2. The standard InChI is InChI=1S/C13H23N3O3S/c1-20(18,19)15-10-4-5-16(7-10)13(17)11-8-2-3-9(6-8)12(11)14/h8-12,15H,2-7,14H2,1H3. The molecule has 0 aromatic heterocycles. The third kappa shape index (κ3) is 2.58. The van der Waals surface area contributed by atoms with Crippen molar-refractivity contribution in [3.8, 4) is 0 Å². The number of hydrogen-bond acceptors (Lipinski definition) is 4. The number of hydrogen-bond donors (Lipinski definition) is 2. The van der Waals surface area contributed by atoms with Gasteiger partial charge in [0.25, 0.3) is 0 Å². The highest BCUT2D eigenvalue weighted by atomic mass is 32.2. The second kappa shape index (κ2) is 4.96. The van der Waals surface area contributed by atoms with Crippen LogP contribution in [0.15, 0.2) is 0 Å². The number of nitrogens with two attached hydrogens (primary N) is 1. The Bertz CT molecular complexity index is 505.